The summed E-state index contributed by atoms with van der Waals surface area (Å²) in [6.07, 6.45) is 6.81. The Kier molecular flexibility index (Phi) is 6.16. The van der Waals surface area contributed by atoms with Crippen LogP contribution in [0.15, 0.2) is 54.6 Å². The minimum absolute atomic E-state index is 0.756. The van der Waals surface area contributed by atoms with Gasteiger partial charge < -0.3 is 4.74 Å². The fourth-order valence-electron chi connectivity index (χ4n) is 1.87. The maximum Gasteiger partial charge on any atom is 0.0502 e. The van der Waals surface area contributed by atoms with Crippen LogP contribution in [0.25, 0.3) is 5.57 Å². The van der Waals surface area contributed by atoms with Gasteiger partial charge in [0.15, 0.2) is 0 Å². The minimum atomic E-state index is 0.756. The number of rotatable bonds is 6. The van der Waals surface area contributed by atoms with Gasteiger partial charge in [0.05, 0.1) is 6.61 Å². The van der Waals surface area contributed by atoms with Crippen LogP contribution in [-0.4, -0.2) is 13.7 Å². The lowest BCUT2D eigenvalue weighted by atomic mass is 9.95. The molecule has 1 rings (SSSR count). The van der Waals surface area contributed by atoms with Gasteiger partial charge in [-0.1, -0.05) is 49.1 Å². The maximum absolute atomic E-state index is 5.16. The van der Waals surface area contributed by atoms with E-state index in [9.17, 15) is 0 Å². The van der Waals surface area contributed by atoms with E-state index in [1.165, 1.54) is 22.3 Å². The van der Waals surface area contributed by atoms with Crippen molar-refractivity contribution in [3.8, 4) is 0 Å². The Morgan fingerprint density at radius 1 is 1.28 bits per heavy atom. The van der Waals surface area contributed by atoms with Gasteiger partial charge >= 0.3 is 0 Å². The molecule has 0 fully saturated rings. The molecular formula is C17H22O. The second-order valence-electron chi connectivity index (χ2n) is 4.30. The first-order chi connectivity index (χ1) is 8.70. The molecule has 0 N–H and O–H groups in total. The molecule has 0 saturated carbocycles. The van der Waals surface area contributed by atoms with E-state index in [1.807, 2.05) is 6.08 Å². The van der Waals surface area contributed by atoms with Crippen molar-refractivity contribution in [3.63, 3.8) is 0 Å². The predicted octanol–water partition coefficient (Wildman–Crippen LogP) is 4.41. The summed E-state index contributed by atoms with van der Waals surface area (Å²) in [6, 6.07) is 8.50. The standard InChI is InChI=1S/C17H22O/c1-5-6-9-14(2)15(3)17-11-8-7-10-16(17)12-13-18-4/h5-11H,1,12-13H2,2-4H3/b9-6-,15-14+. The molecule has 1 aromatic carbocycles. The molecule has 1 aromatic rings. The van der Waals surface area contributed by atoms with E-state index in [0.717, 1.165) is 13.0 Å². The van der Waals surface area contributed by atoms with Crippen LogP contribution in [0.2, 0.25) is 0 Å². The lowest BCUT2D eigenvalue weighted by molar-refractivity contribution is 0.202. The summed E-state index contributed by atoms with van der Waals surface area (Å²) in [5, 5.41) is 0. The van der Waals surface area contributed by atoms with Crippen LogP contribution in [-0.2, 0) is 11.2 Å². The van der Waals surface area contributed by atoms with Gasteiger partial charge in [0.2, 0.25) is 0 Å². The zero-order valence-electron chi connectivity index (χ0n) is 11.6. The average Bonchev–Trinajstić information content (AvgIpc) is 2.42. The Balaban J connectivity index is 3.07. The molecule has 1 heteroatoms. The molecule has 0 amide bonds. The molecule has 0 aliphatic heterocycles. The Bertz CT molecular complexity index is 452. The van der Waals surface area contributed by atoms with Crippen LogP contribution in [0.4, 0.5) is 0 Å². The first-order valence-electron chi connectivity index (χ1n) is 6.24. The number of allylic oxidation sites excluding steroid dienone is 5. The van der Waals surface area contributed by atoms with Crippen molar-refractivity contribution in [2.45, 2.75) is 20.3 Å². The first-order valence-corrected chi connectivity index (χ1v) is 6.24. The largest absolute Gasteiger partial charge is 0.384 e. The van der Waals surface area contributed by atoms with Gasteiger partial charge in [0.1, 0.15) is 0 Å². The summed E-state index contributed by atoms with van der Waals surface area (Å²) in [5.41, 5.74) is 5.21. The van der Waals surface area contributed by atoms with E-state index in [0.29, 0.717) is 0 Å². The molecule has 0 spiro atoms. The van der Waals surface area contributed by atoms with Crippen molar-refractivity contribution >= 4 is 5.57 Å². The van der Waals surface area contributed by atoms with Crippen molar-refractivity contribution in [1.29, 1.82) is 0 Å². The first kappa shape index (κ1) is 14.5. The van der Waals surface area contributed by atoms with Gasteiger partial charge in [0.25, 0.3) is 0 Å². The van der Waals surface area contributed by atoms with Crippen LogP contribution in [0.3, 0.4) is 0 Å². The second kappa shape index (κ2) is 7.67. The van der Waals surface area contributed by atoms with Crippen molar-refractivity contribution < 1.29 is 4.74 Å². The minimum Gasteiger partial charge on any atom is -0.384 e. The highest BCUT2D eigenvalue weighted by molar-refractivity contribution is 5.71. The fraction of sp³-hybridized carbons (Fsp3) is 0.294. The van der Waals surface area contributed by atoms with Gasteiger partial charge in [-0.3, -0.25) is 0 Å². The van der Waals surface area contributed by atoms with E-state index >= 15 is 0 Å². The van der Waals surface area contributed by atoms with Crippen LogP contribution in [0.1, 0.15) is 25.0 Å². The third kappa shape index (κ3) is 4.01. The molecule has 18 heavy (non-hydrogen) atoms. The summed E-state index contributed by atoms with van der Waals surface area (Å²) in [4.78, 5) is 0. The molecule has 0 aliphatic rings. The van der Waals surface area contributed by atoms with Gasteiger partial charge in [-0.25, -0.2) is 0 Å². The number of benzene rings is 1. The zero-order valence-corrected chi connectivity index (χ0v) is 11.6. The number of hydrogen-bond acceptors (Lipinski definition) is 1. The van der Waals surface area contributed by atoms with Crippen LogP contribution >= 0.6 is 0 Å². The van der Waals surface area contributed by atoms with Crippen molar-refractivity contribution in [3.05, 3.63) is 65.8 Å². The van der Waals surface area contributed by atoms with Gasteiger partial charge in [0, 0.05) is 7.11 Å². The lowest BCUT2D eigenvalue weighted by Gasteiger charge is -2.11. The molecule has 0 unspecified atom stereocenters. The summed E-state index contributed by atoms with van der Waals surface area (Å²) in [6.45, 7) is 8.74. The molecule has 0 aromatic heterocycles. The van der Waals surface area contributed by atoms with Crippen molar-refractivity contribution in [2.75, 3.05) is 13.7 Å². The van der Waals surface area contributed by atoms with E-state index in [-0.39, 0.29) is 0 Å². The Labute approximate surface area is 110 Å². The highest BCUT2D eigenvalue weighted by Gasteiger charge is 2.04. The molecule has 1 nitrogen and oxygen atoms in total. The van der Waals surface area contributed by atoms with Gasteiger partial charge in [-0.15, -0.1) is 0 Å². The van der Waals surface area contributed by atoms with E-state index in [1.54, 1.807) is 13.2 Å². The summed E-state index contributed by atoms with van der Waals surface area (Å²) < 4.78 is 5.16. The summed E-state index contributed by atoms with van der Waals surface area (Å²) >= 11 is 0. The molecule has 0 saturated heterocycles. The molecular weight excluding hydrogens is 220 g/mol. The lowest BCUT2D eigenvalue weighted by Crippen LogP contribution is -1.98. The number of ether oxygens (including phenoxy) is 1. The summed E-state index contributed by atoms with van der Waals surface area (Å²) in [7, 11) is 1.74. The third-order valence-corrected chi connectivity index (χ3v) is 3.07. The topological polar surface area (TPSA) is 9.23 Å². The molecule has 0 aliphatic carbocycles. The zero-order chi connectivity index (χ0) is 13.4. The van der Waals surface area contributed by atoms with E-state index < -0.39 is 0 Å². The van der Waals surface area contributed by atoms with E-state index in [4.69, 9.17) is 4.74 Å². The molecule has 0 atom stereocenters. The molecule has 0 heterocycles. The van der Waals surface area contributed by atoms with Gasteiger partial charge in [-0.2, -0.15) is 0 Å². The SMILES string of the molecule is C=C/C=C\C(C)=C(/C)c1ccccc1CCOC. The van der Waals surface area contributed by atoms with Crippen molar-refractivity contribution in [1.82, 2.24) is 0 Å². The van der Waals surface area contributed by atoms with Crippen molar-refractivity contribution in [2.24, 2.45) is 0 Å². The smallest absolute Gasteiger partial charge is 0.0502 e. The highest BCUT2D eigenvalue weighted by atomic mass is 16.5. The Hall–Kier alpha value is -1.60. The highest BCUT2D eigenvalue weighted by Crippen LogP contribution is 2.23. The van der Waals surface area contributed by atoms with Gasteiger partial charge in [-0.05, 0) is 42.5 Å². The van der Waals surface area contributed by atoms with Crippen LogP contribution in [0, 0.1) is 0 Å². The molecule has 96 valence electrons. The van der Waals surface area contributed by atoms with Crippen LogP contribution in [0.5, 0.6) is 0 Å². The monoisotopic (exact) mass is 242 g/mol. The Morgan fingerprint density at radius 3 is 2.67 bits per heavy atom. The second-order valence-corrected chi connectivity index (χ2v) is 4.30. The van der Waals surface area contributed by atoms with Crippen LogP contribution < -0.4 is 0 Å². The fourth-order valence-corrected chi connectivity index (χ4v) is 1.87. The van der Waals surface area contributed by atoms with E-state index in [2.05, 4.69) is 50.8 Å². The Morgan fingerprint density at radius 2 is 2.00 bits per heavy atom. The number of hydrogen-bond donors (Lipinski definition) is 0. The normalized spacial score (nSPS) is 12.6. The molecule has 0 radical (unpaired) electrons. The summed E-state index contributed by atoms with van der Waals surface area (Å²) in [5.74, 6) is 0. The molecule has 0 bridgehead atoms. The number of methoxy groups -OCH3 is 1. The predicted molar refractivity (Wildman–Crippen MR) is 79.6 cm³/mol. The quantitative estimate of drug-likeness (QED) is 0.671. The third-order valence-electron chi connectivity index (χ3n) is 3.07. The average molecular weight is 242 g/mol. The maximum atomic E-state index is 5.16.